The van der Waals surface area contributed by atoms with E-state index in [0.29, 0.717) is 17.5 Å². The van der Waals surface area contributed by atoms with Crippen LogP contribution in [0.1, 0.15) is 12.8 Å². The molecule has 3 unspecified atom stereocenters. The van der Waals surface area contributed by atoms with Gasteiger partial charge in [0.05, 0.1) is 11.0 Å². The molecule has 3 rings (SSSR count). The van der Waals surface area contributed by atoms with Gasteiger partial charge in [0.2, 0.25) is 0 Å². The maximum Gasteiger partial charge on any atom is 0.273 e. The zero-order valence-corrected chi connectivity index (χ0v) is 10.5. The van der Waals surface area contributed by atoms with E-state index in [1.165, 1.54) is 6.07 Å². The number of aliphatic hydroxyl groups excluding tert-OH is 1. The molecule has 0 aromatic heterocycles. The minimum atomic E-state index is -0.425. The molecule has 1 aliphatic heterocycles. The third-order valence-electron chi connectivity index (χ3n) is 4.32. The van der Waals surface area contributed by atoms with Crippen molar-refractivity contribution in [3.05, 3.63) is 28.3 Å². The van der Waals surface area contributed by atoms with E-state index in [-0.39, 0.29) is 11.8 Å². The van der Waals surface area contributed by atoms with Crippen LogP contribution in [-0.4, -0.2) is 29.2 Å². The van der Waals surface area contributed by atoms with Gasteiger partial charge in [-0.3, -0.25) is 10.1 Å². The van der Waals surface area contributed by atoms with E-state index in [4.69, 9.17) is 5.73 Å². The van der Waals surface area contributed by atoms with E-state index in [0.717, 1.165) is 31.6 Å². The van der Waals surface area contributed by atoms with Crippen LogP contribution in [0.5, 0.6) is 0 Å². The van der Waals surface area contributed by atoms with Gasteiger partial charge in [0.25, 0.3) is 5.69 Å². The lowest BCUT2D eigenvalue weighted by molar-refractivity contribution is -0.384. The second-order valence-electron chi connectivity index (χ2n) is 5.51. The largest absolute Gasteiger partial charge is 0.398 e. The highest BCUT2D eigenvalue weighted by molar-refractivity contribution is 5.63. The number of nitrogens with two attached hydrogens (primary N) is 1. The predicted octanol–water partition coefficient (Wildman–Crippen LogP) is 1.38. The molecule has 2 aliphatic rings. The summed E-state index contributed by atoms with van der Waals surface area (Å²) in [6, 6.07) is 4.69. The number of rotatable bonds is 2. The molecule has 102 valence electrons. The molecular formula is C13H17N3O3. The van der Waals surface area contributed by atoms with Crippen molar-refractivity contribution in [2.45, 2.75) is 18.9 Å². The van der Waals surface area contributed by atoms with Gasteiger partial charge in [-0.05, 0) is 24.8 Å². The Labute approximate surface area is 111 Å². The topological polar surface area (TPSA) is 92.6 Å². The molecule has 1 aromatic carbocycles. The third kappa shape index (κ3) is 2.12. The van der Waals surface area contributed by atoms with Crippen LogP contribution in [0.4, 0.5) is 17.1 Å². The smallest absolute Gasteiger partial charge is 0.273 e. The fourth-order valence-corrected chi connectivity index (χ4v) is 3.35. The Morgan fingerprint density at radius 3 is 2.79 bits per heavy atom. The van der Waals surface area contributed by atoms with Gasteiger partial charge in [0.1, 0.15) is 0 Å². The number of nitro benzene ring substituents is 1. The number of fused-ring (bicyclic) bond motifs is 1. The van der Waals surface area contributed by atoms with Gasteiger partial charge in [-0.2, -0.15) is 0 Å². The number of hydrogen-bond donors (Lipinski definition) is 2. The highest BCUT2D eigenvalue weighted by Gasteiger charge is 2.42. The van der Waals surface area contributed by atoms with Gasteiger partial charge in [-0.15, -0.1) is 0 Å². The van der Waals surface area contributed by atoms with Gasteiger partial charge in [0.15, 0.2) is 0 Å². The van der Waals surface area contributed by atoms with Crippen molar-refractivity contribution in [1.82, 2.24) is 0 Å². The zero-order valence-electron chi connectivity index (χ0n) is 10.5. The van der Waals surface area contributed by atoms with Crippen LogP contribution in [0.2, 0.25) is 0 Å². The fourth-order valence-electron chi connectivity index (χ4n) is 3.35. The van der Waals surface area contributed by atoms with E-state index in [9.17, 15) is 15.2 Å². The lowest BCUT2D eigenvalue weighted by Gasteiger charge is -2.20. The summed E-state index contributed by atoms with van der Waals surface area (Å²) in [5.41, 5.74) is 6.94. The lowest BCUT2D eigenvalue weighted by atomic mass is 10.00. The third-order valence-corrected chi connectivity index (χ3v) is 4.32. The summed E-state index contributed by atoms with van der Waals surface area (Å²) in [4.78, 5) is 12.5. The molecule has 3 atom stereocenters. The molecule has 2 fully saturated rings. The molecule has 1 heterocycles. The average Bonchev–Trinajstić information content (AvgIpc) is 2.91. The number of nitrogens with zero attached hydrogens (tertiary/aromatic N) is 2. The van der Waals surface area contributed by atoms with E-state index < -0.39 is 4.92 Å². The molecule has 1 saturated heterocycles. The Bertz CT molecular complexity index is 520. The summed E-state index contributed by atoms with van der Waals surface area (Å²) in [6.07, 6.45) is 1.68. The van der Waals surface area contributed by atoms with Gasteiger partial charge >= 0.3 is 0 Å². The molecule has 0 spiro atoms. The normalized spacial score (nSPS) is 29.5. The van der Waals surface area contributed by atoms with Crippen molar-refractivity contribution in [3.63, 3.8) is 0 Å². The summed E-state index contributed by atoms with van der Waals surface area (Å²) >= 11 is 0. The van der Waals surface area contributed by atoms with E-state index >= 15 is 0 Å². The van der Waals surface area contributed by atoms with Crippen LogP contribution < -0.4 is 10.6 Å². The van der Waals surface area contributed by atoms with Gasteiger partial charge in [-0.1, -0.05) is 0 Å². The fraction of sp³-hybridized carbons (Fsp3) is 0.538. The maximum atomic E-state index is 10.9. The minimum Gasteiger partial charge on any atom is -0.398 e. The number of anilines is 2. The Hall–Kier alpha value is -1.82. The lowest BCUT2D eigenvalue weighted by Crippen LogP contribution is -2.24. The number of nitro groups is 1. The Morgan fingerprint density at radius 1 is 1.32 bits per heavy atom. The predicted molar refractivity (Wildman–Crippen MR) is 71.9 cm³/mol. The van der Waals surface area contributed by atoms with Crippen LogP contribution in [-0.2, 0) is 0 Å². The molecule has 6 heteroatoms. The zero-order chi connectivity index (χ0) is 13.6. The first-order valence-corrected chi connectivity index (χ1v) is 6.52. The Kier molecular flexibility index (Phi) is 2.82. The minimum absolute atomic E-state index is 0.0209. The molecule has 0 bridgehead atoms. The van der Waals surface area contributed by atoms with Crippen molar-refractivity contribution < 1.29 is 10.0 Å². The molecule has 3 N–H and O–H groups in total. The average molecular weight is 263 g/mol. The van der Waals surface area contributed by atoms with Crippen LogP contribution in [0, 0.1) is 22.0 Å². The molecular weight excluding hydrogens is 246 g/mol. The number of benzene rings is 1. The van der Waals surface area contributed by atoms with Crippen LogP contribution in [0.25, 0.3) is 0 Å². The van der Waals surface area contributed by atoms with Gasteiger partial charge < -0.3 is 15.7 Å². The van der Waals surface area contributed by atoms with Crippen LogP contribution >= 0.6 is 0 Å². The molecule has 0 radical (unpaired) electrons. The summed E-state index contributed by atoms with van der Waals surface area (Å²) < 4.78 is 0. The van der Waals surface area contributed by atoms with Gasteiger partial charge in [0, 0.05) is 42.5 Å². The first kappa shape index (κ1) is 12.2. The summed E-state index contributed by atoms with van der Waals surface area (Å²) in [5, 5.41) is 20.8. The summed E-state index contributed by atoms with van der Waals surface area (Å²) in [6.45, 7) is 1.61. The highest BCUT2D eigenvalue weighted by atomic mass is 16.6. The molecule has 1 aromatic rings. The number of nitrogen functional groups attached to an aromatic ring is 1. The number of hydrogen-bond acceptors (Lipinski definition) is 5. The Balaban J connectivity index is 1.86. The molecule has 1 saturated carbocycles. The standard InChI is InChI=1S/C13H17N3O3/c14-9-3-10(5-11(4-9)16(18)19)15-6-8-1-2-13(17)12(8)7-15/h3-5,8,12-13,17H,1-2,6-7,14H2. The van der Waals surface area contributed by atoms with Crippen molar-refractivity contribution in [2.24, 2.45) is 11.8 Å². The molecule has 19 heavy (non-hydrogen) atoms. The quantitative estimate of drug-likeness (QED) is 0.478. The number of non-ortho nitro benzene ring substituents is 1. The highest BCUT2D eigenvalue weighted by Crippen LogP contribution is 2.40. The second-order valence-corrected chi connectivity index (χ2v) is 5.51. The molecule has 0 amide bonds. The van der Waals surface area contributed by atoms with Crippen LogP contribution in [0.3, 0.4) is 0 Å². The summed E-state index contributed by atoms with van der Waals surface area (Å²) in [5.74, 6) is 0.788. The molecule has 1 aliphatic carbocycles. The summed E-state index contributed by atoms with van der Waals surface area (Å²) in [7, 11) is 0. The van der Waals surface area contributed by atoms with E-state index in [1.54, 1.807) is 12.1 Å². The second kappa shape index (κ2) is 4.38. The van der Waals surface area contributed by atoms with Crippen LogP contribution in [0.15, 0.2) is 18.2 Å². The van der Waals surface area contributed by atoms with Crippen molar-refractivity contribution in [2.75, 3.05) is 23.7 Å². The first-order valence-electron chi connectivity index (χ1n) is 6.52. The van der Waals surface area contributed by atoms with E-state index in [2.05, 4.69) is 4.90 Å². The van der Waals surface area contributed by atoms with Crippen molar-refractivity contribution in [3.8, 4) is 0 Å². The monoisotopic (exact) mass is 263 g/mol. The number of aliphatic hydroxyl groups is 1. The maximum absolute atomic E-state index is 10.9. The SMILES string of the molecule is Nc1cc(N2CC3CCC(O)C3C2)cc([N+](=O)[O-])c1. The van der Waals surface area contributed by atoms with Crippen molar-refractivity contribution in [1.29, 1.82) is 0 Å². The van der Waals surface area contributed by atoms with E-state index in [1.807, 2.05) is 0 Å². The van der Waals surface area contributed by atoms with Crippen molar-refractivity contribution >= 4 is 17.1 Å². The Morgan fingerprint density at radius 2 is 2.11 bits per heavy atom. The van der Waals surface area contributed by atoms with Gasteiger partial charge in [-0.25, -0.2) is 0 Å². The first-order chi connectivity index (χ1) is 9.04. The molecule has 6 nitrogen and oxygen atoms in total.